The number of nitrogens with zero attached hydrogens (tertiary/aromatic N) is 2. The van der Waals surface area contributed by atoms with Gasteiger partial charge in [0.25, 0.3) is 0 Å². The van der Waals surface area contributed by atoms with E-state index in [0.717, 1.165) is 17.9 Å². The number of hydrogen-bond acceptors (Lipinski definition) is 4. The second kappa shape index (κ2) is 6.83. The van der Waals surface area contributed by atoms with Crippen LogP contribution in [0.1, 0.15) is 20.3 Å². The Kier molecular flexibility index (Phi) is 4.50. The first-order valence-electron chi connectivity index (χ1n) is 9.62. The number of hydrogen-bond donors (Lipinski definition) is 0. The number of benzene rings is 1. The topological polar surface area (TPSA) is 66.9 Å². The molecule has 1 heterocycles. The number of ether oxygens (including phenoxy) is 1. The number of rotatable bonds is 6. The smallest absolute Gasteiger partial charge is 0.247 e. The minimum Gasteiger partial charge on any atom is -0.494 e. The number of likely N-dealkylation sites (tertiary alicyclic amines) is 1. The number of anilines is 1. The van der Waals surface area contributed by atoms with E-state index in [-0.39, 0.29) is 47.9 Å². The van der Waals surface area contributed by atoms with Gasteiger partial charge in [-0.3, -0.25) is 19.3 Å². The van der Waals surface area contributed by atoms with Crippen molar-refractivity contribution in [1.29, 1.82) is 0 Å². The molecule has 6 nitrogen and oxygen atoms in total. The fourth-order valence-corrected chi connectivity index (χ4v) is 4.73. The van der Waals surface area contributed by atoms with Gasteiger partial charge in [0.1, 0.15) is 12.3 Å². The van der Waals surface area contributed by atoms with E-state index in [4.69, 9.17) is 4.74 Å². The summed E-state index contributed by atoms with van der Waals surface area (Å²) in [6.07, 6.45) is 5.00. The highest BCUT2D eigenvalue weighted by molar-refractivity contribution is 6.10. The standard InChI is InChI=1S/C21H24N2O4/c1-3-22(15-7-9-16(10-8-15)27-4-2)17(24)12-23-20(25)18-13-5-6-14(11-13)19(18)21(23)26/h5-10,13-14,18-19H,3-4,11-12H2,1-2H3. The molecule has 142 valence electrons. The van der Waals surface area contributed by atoms with Gasteiger partial charge in [-0.2, -0.15) is 0 Å². The lowest BCUT2D eigenvalue weighted by Gasteiger charge is -2.24. The van der Waals surface area contributed by atoms with Gasteiger partial charge in [0.05, 0.1) is 18.4 Å². The molecule has 1 saturated heterocycles. The first-order valence-corrected chi connectivity index (χ1v) is 9.62. The predicted octanol–water partition coefficient (Wildman–Crippen LogP) is 2.25. The van der Waals surface area contributed by atoms with Crippen LogP contribution in [0, 0.1) is 23.7 Å². The number of allylic oxidation sites excluding steroid dienone is 2. The highest BCUT2D eigenvalue weighted by atomic mass is 16.5. The van der Waals surface area contributed by atoms with Gasteiger partial charge in [-0.25, -0.2) is 0 Å². The summed E-state index contributed by atoms with van der Waals surface area (Å²) >= 11 is 0. The van der Waals surface area contributed by atoms with Crippen LogP contribution in [0.5, 0.6) is 5.75 Å². The van der Waals surface area contributed by atoms with E-state index >= 15 is 0 Å². The Labute approximate surface area is 158 Å². The molecule has 3 amide bonds. The van der Waals surface area contributed by atoms with Crippen LogP contribution < -0.4 is 9.64 Å². The highest BCUT2D eigenvalue weighted by Crippen LogP contribution is 2.52. The van der Waals surface area contributed by atoms with E-state index in [1.54, 1.807) is 4.90 Å². The molecule has 1 saturated carbocycles. The Bertz CT molecular complexity index is 771. The zero-order valence-electron chi connectivity index (χ0n) is 15.6. The number of amides is 3. The molecular weight excluding hydrogens is 344 g/mol. The summed E-state index contributed by atoms with van der Waals surface area (Å²) in [5.41, 5.74) is 0.729. The molecule has 27 heavy (non-hydrogen) atoms. The lowest BCUT2D eigenvalue weighted by molar-refractivity contribution is -0.143. The second-order valence-electron chi connectivity index (χ2n) is 7.33. The van der Waals surface area contributed by atoms with E-state index in [0.29, 0.717) is 13.2 Å². The lowest BCUT2D eigenvalue weighted by atomic mass is 9.85. The third-order valence-electron chi connectivity index (χ3n) is 5.93. The van der Waals surface area contributed by atoms with Gasteiger partial charge in [-0.05, 0) is 56.4 Å². The summed E-state index contributed by atoms with van der Waals surface area (Å²) in [6, 6.07) is 7.27. The molecule has 0 radical (unpaired) electrons. The number of fused-ring (bicyclic) bond motifs is 5. The van der Waals surface area contributed by atoms with Crippen LogP contribution in [0.25, 0.3) is 0 Å². The quantitative estimate of drug-likeness (QED) is 0.571. The fourth-order valence-electron chi connectivity index (χ4n) is 4.73. The van der Waals surface area contributed by atoms with Gasteiger partial charge < -0.3 is 9.64 Å². The third-order valence-corrected chi connectivity index (χ3v) is 5.93. The van der Waals surface area contributed by atoms with E-state index in [2.05, 4.69) is 12.2 Å². The monoisotopic (exact) mass is 368 g/mol. The maximum absolute atomic E-state index is 12.9. The summed E-state index contributed by atoms with van der Waals surface area (Å²) in [7, 11) is 0. The van der Waals surface area contributed by atoms with E-state index in [1.807, 2.05) is 38.1 Å². The van der Waals surface area contributed by atoms with Crippen LogP contribution in [-0.4, -0.2) is 42.3 Å². The van der Waals surface area contributed by atoms with Gasteiger partial charge in [0, 0.05) is 12.2 Å². The number of carbonyl (C=O) groups is 3. The van der Waals surface area contributed by atoms with Crippen molar-refractivity contribution in [1.82, 2.24) is 4.90 Å². The number of likely N-dealkylation sites (N-methyl/N-ethyl adjacent to an activating group) is 1. The van der Waals surface area contributed by atoms with Crippen LogP contribution >= 0.6 is 0 Å². The van der Waals surface area contributed by atoms with Crippen LogP contribution in [-0.2, 0) is 14.4 Å². The molecular formula is C21H24N2O4. The van der Waals surface area contributed by atoms with Gasteiger partial charge >= 0.3 is 0 Å². The van der Waals surface area contributed by atoms with Crippen molar-refractivity contribution < 1.29 is 19.1 Å². The molecule has 0 aromatic heterocycles. The summed E-state index contributed by atoms with van der Waals surface area (Å²) in [4.78, 5) is 41.2. The normalized spacial score (nSPS) is 28.0. The Balaban J connectivity index is 1.48. The second-order valence-corrected chi connectivity index (χ2v) is 7.33. The van der Waals surface area contributed by atoms with Crippen molar-refractivity contribution in [2.24, 2.45) is 23.7 Å². The van der Waals surface area contributed by atoms with Gasteiger partial charge in [0.15, 0.2) is 0 Å². The SMILES string of the molecule is CCOc1ccc(N(CC)C(=O)CN2C(=O)C3C4C=CC(C4)C3C2=O)cc1. The lowest BCUT2D eigenvalue weighted by Crippen LogP contribution is -2.44. The predicted molar refractivity (Wildman–Crippen MR) is 100 cm³/mol. The Morgan fingerprint density at radius 2 is 1.67 bits per heavy atom. The third kappa shape index (κ3) is 2.83. The molecule has 1 aliphatic heterocycles. The molecule has 4 unspecified atom stereocenters. The van der Waals surface area contributed by atoms with E-state index in [1.165, 1.54) is 4.90 Å². The molecule has 2 aliphatic carbocycles. The van der Waals surface area contributed by atoms with E-state index in [9.17, 15) is 14.4 Å². The first-order chi connectivity index (χ1) is 13.0. The van der Waals surface area contributed by atoms with Crippen LogP contribution in [0.3, 0.4) is 0 Å². The molecule has 2 bridgehead atoms. The summed E-state index contributed by atoms with van der Waals surface area (Å²) in [5.74, 6) is -0.0819. The summed E-state index contributed by atoms with van der Waals surface area (Å²) in [6.45, 7) is 4.64. The number of imide groups is 1. The molecule has 0 N–H and O–H groups in total. The molecule has 0 spiro atoms. The minimum atomic E-state index is -0.263. The highest BCUT2D eigenvalue weighted by Gasteiger charge is 2.59. The molecule has 1 aromatic carbocycles. The maximum Gasteiger partial charge on any atom is 0.247 e. The van der Waals surface area contributed by atoms with Gasteiger partial charge in [-0.1, -0.05) is 12.2 Å². The fraction of sp³-hybridized carbons (Fsp3) is 0.476. The van der Waals surface area contributed by atoms with E-state index < -0.39 is 0 Å². The summed E-state index contributed by atoms with van der Waals surface area (Å²) in [5, 5.41) is 0. The Morgan fingerprint density at radius 3 is 2.19 bits per heavy atom. The average molecular weight is 368 g/mol. The van der Waals surface area contributed by atoms with Crippen molar-refractivity contribution >= 4 is 23.4 Å². The van der Waals surface area contributed by atoms with Crippen LogP contribution in [0.4, 0.5) is 5.69 Å². The Morgan fingerprint density at radius 1 is 1.07 bits per heavy atom. The number of carbonyl (C=O) groups excluding carboxylic acids is 3. The largest absolute Gasteiger partial charge is 0.494 e. The molecule has 4 rings (SSSR count). The van der Waals surface area contributed by atoms with Gasteiger partial charge in [0.2, 0.25) is 17.7 Å². The Hall–Kier alpha value is -2.63. The maximum atomic E-state index is 12.9. The zero-order valence-corrected chi connectivity index (χ0v) is 15.6. The minimum absolute atomic E-state index is 0.157. The van der Waals surface area contributed by atoms with Crippen LogP contribution in [0.15, 0.2) is 36.4 Å². The molecule has 1 aromatic rings. The molecule has 2 fully saturated rings. The van der Waals surface area contributed by atoms with Crippen molar-refractivity contribution in [3.05, 3.63) is 36.4 Å². The molecule has 6 heteroatoms. The summed E-state index contributed by atoms with van der Waals surface area (Å²) < 4.78 is 5.43. The van der Waals surface area contributed by atoms with Crippen molar-refractivity contribution in [3.63, 3.8) is 0 Å². The van der Waals surface area contributed by atoms with Crippen molar-refractivity contribution in [2.75, 3.05) is 24.6 Å². The average Bonchev–Trinajstić information content (AvgIpc) is 3.34. The van der Waals surface area contributed by atoms with Crippen molar-refractivity contribution in [3.8, 4) is 5.75 Å². The first kappa shape index (κ1) is 17.8. The van der Waals surface area contributed by atoms with Gasteiger partial charge in [-0.15, -0.1) is 0 Å². The zero-order chi connectivity index (χ0) is 19.1. The van der Waals surface area contributed by atoms with Crippen LogP contribution in [0.2, 0.25) is 0 Å². The molecule has 3 aliphatic rings. The van der Waals surface area contributed by atoms with Crippen molar-refractivity contribution in [2.45, 2.75) is 20.3 Å². The molecule has 4 atom stereocenters.